The number of hydrogen-bond donors (Lipinski definition) is 0. The van der Waals surface area contributed by atoms with Gasteiger partial charge in [0.05, 0.1) is 22.8 Å². The fourth-order valence-corrected chi connectivity index (χ4v) is 5.95. The van der Waals surface area contributed by atoms with Crippen molar-refractivity contribution in [2.45, 2.75) is 6.92 Å². The van der Waals surface area contributed by atoms with Gasteiger partial charge in [0.15, 0.2) is 11.6 Å². The van der Waals surface area contributed by atoms with E-state index in [1.54, 1.807) is 6.08 Å². The molecule has 5 aromatic carbocycles. The molecule has 0 unspecified atom stereocenters. The van der Waals surface area contributed by atoms with Gasteiger partial charge in [0.1, 0.15) is 0 Å². The number of benzene rings is 5. The minimum absolute atomic E-state index is 0.803. The molecule has 0 saturated heterocycles. The largest absolute Gasteiger partial charge is 0.226 e. The first-order valence-corrected chi connectivity index (χ1v) is 15.8. The van der Waals surface area contributed by atoms with Gasteiger partial charge in [-0.15, -0.1) is 0 Å². The molecule has 2 aromatic heterocycles. The van der Waals surface area contributed by atoms with Crippen LogP contribution < -0.4 is 0 Å². The van der Waals surface area contributed by atoms with Crippen LogP contribution >= 0.6 is 0 Å². The summed E-state index contributed by atoms with van der Waals surface area (Å²) in [5, 5.41) is 0. The Bertz CT molecular complexity index is 2170. The van der Waals surface area contributed by atoms with Gasteiger partial charge >= 0.3 is 0 Å². The number of hydrogen-bond acceptors (Lipinski definition) is 2. The first-order chi connectivity index (χ1) is 23.3. The third-order valence-corrected chi connectivity index (χ3v) is 8.11. The second kappa shape index (κ2) is 13.4. The SMILES string of the molecule is C=C/C=C\C(=C/C)c1c(-c2ccccc2)nc(-c2ccccc2)n1-n1c(-c2ccccc2)nc(-c2ccccc2)c1-c1ccccc1. The van der Waals surface area contributed by atoms with Gasteiger partial charge < -0.3 is 0 Å². The van der Waals surface area contributed by atoms with Gasteiger partial charge in [-0.3, -0.25) is 0 Å². The van der Waals surface area contributed by atoms with E-state index in [4.69, 9.17) is 9.97 Å². The summed E-state index contributed by atoms with van der Waals surface area (Å²) >= 11 is 0. The standard InChI is InChI=1S/C43H34N4/c1-3-5-21-32(4-2)40-38(33-22-11-6-12-23-33)44-42(36-28-17-9-18-29-36)46(40)47-41(35-26-15-8-16-27-35)39(34-24-13-7-14-25-34)45-43(47)37-30-19-10-20-31-37/h3-31H,1H2,2H3/b21-5-,32-4+. The summed E-state index contributed by atoms with van der Waals surface area (Å²) in [6, 6.07) is 52.1. The summed E-state index contributed by atoms with van der Waals surface area (Å²) in [6.07, 6.45) is 8.01. The lowest BCUT2D eigenvalue weighted by Crippen LogP contribution is -2.17. The van der Waals surface area contributed by atoms with Crippen LogP contribution in [0.25, 0.3) is 62.1 Å². The Morgan fingerprint density at radius 1 is 0.511 bits per heavy atom. The van der Waals surface area contributed by atoms with E-state index in [1.807, 2.05) is 36.4 Å². The van der Waals surface area contributed by atoms with E-state index in [-0.39, 0.29) is 0 Å². The maximum Gasteiger partial charge on any atom is 0.160 e. The second-order valence-corrected chi connectivity index (χ2v) is 11.1. The summed E-state index contributed by atoms with van der Waals surface area (Å²) in [5.41, 5.74) is 9.77. The maximum atomic E-state index is 5.47. The molecule has 0 amide bonds. The van der Waals surface area contributed by atoms with Crippen molar-refractivity contribution in [3.05, 3.63) is 188 Å². The molecule has 0 atom stereocenters. The van der Waals surface area contributed by atoms with Crippen LogP contribution in [-0.2, 0) is 0 Å². The Morgan fingerprint density at radius 3 is 1.38 bits per heavy atom. The average molecular weight is 607 g/mol. The molecule has 0 aliphatic rings. The molecule has 0 bridgehead atoms. The summed E-state index contributed by atoms with van der Waals surface area (Å²) in [7, 11) is 0. The van der Waals surface area contributed by atoms with E-state index in [0.29, 0.717) is 0 Å². The molecule has 0 radical (unpaired) electrons. The zero-order valence-electron chi connectivity index (χ0n) is 26.2. The van der Waals surface area contributed by atoms with Gasteiger partial charge in [-0.05, 0) is 12.5 Å². The molecule has 0 saturated carbocycles. The predicted molar refractivity (Wildman–Crippen MR) is 195 cm³/mol. The highest BCUT2D eigenvalue weighted by atomic mass is 15.5. The Labute approximate surface area is 276 Å². The van der Waals surface area contributed by atoms with Crippen molar-refractivity contribution in [1.29, 1.82) is 0 Å². The fraction of sp³-hybridized carbons (Fsp3) is 0.0233. The van der Waals surface area contributed by atoms with Crippen molar-refractivity contribution in [2.75, 3.05) is 0 Å². The van der Waals surface area contributed by atoms with Crippen LogP contribution in [0.4, 0.5) is 0 Å². The molecule has 7 aromatic rings. The molecule has 2 heterocycles. The van der Waals surface area contributed by atoms with Crippen LogP contribution in [0.1, 0.15) is 12.6 Å². The minimum Gasteiger partial charge on any atom is -0.226 e. The molecule has 0 aliphatic carbocycles. The second-order valence-electron chi connectivity index (χ2n) is 11.1. The van der Waals surface area contributed by atoms with Crippen LogP contribution in [0.15, 0.2) is 183 Å². The first-order valence-electron chi connectivity index (χ1n) is 15.8. The number of aromatic nitrogens is 4. The average Bonchev–Trinajstić information content (AvgIpc) is 3.74. The highest BCUT2D eigenvalue weighted by Crippen LogP contribution is 2.41. The summed E-state index contributed by atoms with van der Waals surface area (Å²) in [6.45, 7) is 6.03. The molecule has 0 fully saturated rings. The highest BCUT2D eigenvalue weighted by molar-refractivity contribution is 5.87. The summed E-state index contributed by atoms with van der Waals surface area (Å²) < 4.78 is 4.51. The Balaban J connectivity index is 1.71. The van der Waals surface area contributed by atoms with Crippen molar-refractivity contribution >= 4 is 5.57 Å². The van der Waals surface area contributed by atoms with Crippen LogP contribution in [0.5, 0.6) is 0 Å². The smallest absolute Gasteiger partial charge is 0.160 e. The van der Waals surface area contributed by atoms with Crippen molar-refractivity contribution in [2.24, 2.45) is 0 Å². The third-order valence-electron chi connectivity index (χ3n) is 8.11. The quantitative estimate of drug-likeness (QED) is 0.153. The normalized spacial score (nSPS) is 11.6. The molecule has 0 aliphatic heterocycles. The molecule has 4 nitrogen and oxygen atoms in total. The molecule has 7 rings (SSSR count). The van der Waals surface area contributed by atoms with Crippen LogP contribution in [-0.4, -0.2) is 19.3 Å². The number of rotatable bonds is 9. The highest BCUT2D eigenvalue weighted by Gasteiger charge is 2.29. The number of nitrogens with zero attached hydrogens (tertiary/aromatic N) is 4. The van der Waals surface area contributed by atoms with E-state index in [2.05, 4.69) is 156 Å². The lowest BCUT2D eigenvalue weighted by molar-refractivity contribution is 0.673. The van der Waals surface area contributed by atoms with E-state index in [0.717, 1.165) is 67.8 Å². The van der Waals surface area contributed by atoms with E-state index in [9.17, 15) is 0 Å². The minimum atomic E-state index is 0.803. The lowest BCUT2D eigenvalue weighted by atomic mass is 10.0. The third kappa shape index (κ3) is 5.69. The van der Waals surface area contributed by atoms with E-state index < -0.39 is 0 Å². The van der Waals surface area contributed by atoms with Crippen LogP contribution in [0.2, 0.25) is 0 Å². The topological polar surface area (TPSA) is 35.6 Å². The maximum absolute atomic E-state index is 5.47. The summed E-state index contributed by atoms with van der Waals surface area (Å²) in [4.78, 5) is 10.9. The van der Waals surface area contributed by atoms with Gasteiger partial charge in [0.25, 0.3) is 0 Å². The predicted octanol–water partition coefficient (Wildman–Crippen LogP) is 10.9. The van der Waals surface area contributed by atoms with Crippen molar-refractivity contribution in [1.82, 2.24) is 19.3 Å². The van der Waals surface area contributed by atoms with Gasteiger partial charge in [0, 0.05) is 27.8 Å². The van der Waals surface area contributed by atoms with Crippen molar-refractivity contribution in [3.63, 3.8) is 0 Å². The Morgan fingerprint density at radius 2 is 0.915 bits per heavy atom. The number of allylic oxidation sites excluding steroid dienone is 5. The molecule has 47 heavy (non-hydrogen) atoms. The van der Waals surface area contributed by atoms with Crippen LogP contribution in [0.3, 0.4) is 0 Å². The van der Waals surface area contributed by atoms with E-state index in [1.165, 1.54) is 0 Å². The van der Waals surface area contributed by atoms with Crippen molar-refractivity contribution in [3.8, 4) is 56.5 Å². The molecular weight excluding hydrogens is 573 g/mol. The molecule has 4 heteroatoms. The lowest BCUT2D eigenvalue weighted by Gasteiger charge is -2.20. The van der Waals surface area contributed by atoms with Crippen molar-refractivity contribution < 1.29 is 0 Å². The molecule has 226 valence electrons. The Kier molecular flexibility index (Phi) is 8.39. The van der Waals surface area contributed by atoms with Gasteiger partial charge in [-0.2, -0.15) is 0 Å². The Hall–Kier alpha value is -6.26. The van der Waals surface area contributed by atoms with E-state index >= 15 is 0 Å². The van der Waals surface area contributed by atoms with Gasteiger partial charge in [-0.25, -0.2) is 19.3 Å². The molecule has 0 spiro atoms. The zero-order chi connectivity index (χ0) is 32.0. The molecular formula is C43H34N4. The zero-order valence-corrected chi connectivity index (χ0v) is 26.2. The fourth-order valence-electron chi connectivity index (χ4n) is 5.95. The van der Waals surface area contributed by atoms with Gasteiger partial charge in [0.2, 0.25) is 0 Å². The van der Waals surface area contributed by atoms with Crippen LogP contribution in [0, 0.1) is 0 Å². The number of imidazole rings is 2. The van der Waals surface area contributed by atoms with Gasteiger partial charge in [-0.1, -0.05) is 183 Å². The first kappa shape index (κ1) is 29.5. The molecule has 0 N–H and O–H groups in total. The summed E-state index contributed by atoms with van der Waals surface area (Å²) in [5.74, 6) is 1.61. The monoisotopic (exact) mass is 606 g/mol.